The Hall–Kier alpha value is -2.21. The van der Waals surface area contributed by atoms with Gasteiger partial charge in [-0.3, -0.25) is 9.78 Å². The second-order valence-corrected chi connectivity index (χ2v) is 8.93. The van der Waals surface area contributed by atoms with Crippen molar-refractivity contribution in [1.29, 1.82) is 0 Å². The molecule has 2 aromatic rings. The SMILES string of the molecule is CC1CC(NC(=O)CC2CCN(C)CC2)CN(c2ccc(F)c3ncccc23)C1. The molecule has 2 atom stereocenters. The van der Waals surface area contributed by atoms with Crippen molar-refractivity contribution >= 4 is 22.5 Å². The van der Waals surface area contributed by atoms with Crippen molar-refractivity contribution in [2.24, 2.45) is 11.8 Å². The minimum absolute atomic E-state index is 0.120. The van der Waals surface area contributed by atoms with Crippen LogP contribution in [0.15, 0.2) is 30.5 Å². The number of pyridine rings is 1. The molecule has 3 heterocycles. The van der Waals surface area contributed by atoms with Crippen LogP contribution in [-0.4, -0.2) is 55.1 Å². The lowest BCUT2D eigenvalue weighted by molar-refractivity contribution is -0.123. The Morgan fingerprint density at radius 1 is 1.24 bits per heavy atom. The molecule has 0 saturated carbocycles. The zero-order valence-electron chi connectivity index (χ0n) is 17.4. The molecule has 0 aliphatic carbocycles. The van der Waals surface area contributed by atoms with Crippen molar-refractivity contribution in [3.05, 3.63) is 36.3 Å². The largest absolute Gasteiger partial charge is 0.369 e. The number of hydrogen-bond acceptors (Lipinski definition) is 4. The van der Waals surface area contributed by atoms with Crippen molar-refractivity contribution < 1.29 is 9.18 Å². The van der Waals surface area contributed by atoms with Crippen LogP contribution in [0, 0.1) is 17.7 Å². The lowest BCUT2D eigenvalue weighted by atomic mass is 9.92. The third-order valence-electron chi connectivity index (χ3n) is 6.38. The lowest BCUT2D eigenvalue weighted by Gasteiger charge is -2.39. The number of fused-ring (bicyclic) bond motifs is 1. The van der Waals surface area contributed by atoms with E-state index in [9.17, 15) is 9.18 Å². The van der Waals surface area contributed by atoms with Gasteiger partial charge in [0, 0.05) is 42.8 Å². The van der Waals surface area contributed by atoms with Crippen molar-refractivity contribution in [3.8, 4) is 0 Å². The molecule has 2 aliphatic rings. The standard InChI is InChI=1S/C23H31FN4O/c1-16-12-18(26-22(29)13-17-7-10-27(2)11-8-17)15-28(14-16)21-6-5-20(24)23-19(21)4-3-9-25-23/h3-6,9,16-18H,7-8,10-15H2,1-2H3,(H,26,29). The molecule has 1 amide bonds. The number of benzene rings is 1. The Bertz CT molecular complexity index is 865. The molecule has 156 valence electrons. The van der Waals surface area contributed by atoms with Gasteiger partial charge < -0.3 is 15.1 Å². The highest BCUT2D eigenvalue weighted by Gasteiger charge is 2.28. The van der Waals surface area contributed by atoms with Gasteiger partial charge in [-0.25, -0.2) is 4.39 Å². The van der Waals surface area contributed by atoms with Gasteiger partial charge in [0.05, 0.1) is 0 Å². The number of likely N-dealkylation sites (tertiary alicyclic amines) is 1. The Kier molecular flexibility index (Phi) is 5.99. The summed E-state index contributed by atoms with van der Waals surface area (Å²) < 4.78 is 14.2. The molecule has 1 N–H and O–H groups in total. The first-order chi connectivity index (χ1) is 14.0. The highest BCUT2D eigenvalue weighted by atomic mass is 19.1. The summed E-state index contributed by atoms with van der Waals surface area (Å²) >= 11 is 0. The van der Waals surface area contributed by atoms with Gasteiger partial charge in [0.2, 0.25) is 5.91 Å². The topological polar surface area (TPSA) is 48.5 Å². The number of halogens is 1. The number of carbonyl (C=O) groups excluding carboxylic acids is 1. The number of anilines is 1. The maximum atomic E-state index is 14.2. The number of hydrogen-bond donors (Lipinski definition) is 1. The molecule has 0 bridgehead atoms. The van der Waals surface area contributed by atoms with Crippen molar-refractivity contribution in [2.45, 2.75) is 38.6 Å². The maximum Gasteiger partial charge on any atom is 0.220 e. The summed E-state index contributed by atoms with van der Waals surface area (Å²) in [6, 6.07) is 7.23. The van der Waals surface area contributed by atoms with E-state index in [1.165, 1.54) is 6.07 Å². The van der Waals surface area contributed by atoms with Crippen LogP contribution in [0.2, 0.25) is 0 Å². The van der Waals surface area contributed by atoms with Crippen LogP contribution in [0.5, 0.6) is 0 Å². The van der Waals surface area contributed by atoms with Crippen LogP contribution >= 0.6 is 0 Å². The Morgan fingerprint density at radius 3 is 2.83 bits per heavy atom. The third kappa shape index (κ3) is 4.69. The number of carbonyl (C=O) groups is 1. The van der Waals surface area contributed by atoms with Crippen LogP contribution in [0.4, 0.5) is 10.1 Å². The zero-order chi connectivity index (χ0) is 20.4. The van der Waals surface area contributed by atoms with Crippen LogP contribution in [0.3, 0.4) is 0 Å². The molecule has 29 heavy (non-hydrogen) atoms. The second-order valence-electron chi connectivity index (χ2n) is 8.93. The maximum absolute atomic E-state index is 14.2. The normalized spacial score (nSPS) is 24.0. The fraction of sp³-hybridized carbons (Fsp3) is 0.565. The van der Waals surface area contributed by atoms with Gasteiger partial charge >= 0.3 is 0 Å². The van der Waals surface area contributed by atoms with Gasteiger partial charge in [-0.15, -0.1) is 0 Å². The highest BCUT2D eigenvalue weighted by Crippen LogP contribution is 2.31. The van der Waals surface area contributed by atoms with Gasteiger partial charge in [0.25, 0.3) is 0 Å². The number of piperidine rings is 2. The van der Waals surface area contributed by atoms with E-state index < -0.39 is 0 Å². The molecule has 4 rings (SSSR count). The number of amides is 1. The van der Waals surface area contributed by atoms with E-state index in [1.807, 2.05) is 18.2 Å². The van der Waals surface area contributed by atoms with E-state index >= 15 is 0 Å². The molecule has 0 spiro atoms. The van der Waals surface area contributed by atoms with Gasteiger partial charge in [-0.1, -0.05) is 6.92 Å². The van der Waals surface area contributed by atoms with Crippen LogP contribution in [0.25, 0.3) is 10.9 Å². The van der Waals surface area contributed by atoms with Crippen molar-refractivity contribution in [2.75, 3.05) is 38.1 Å². The van der Waals surface area contributed by atoms with Crippen LogP contribution in [-0.2, 0) is 4.79 Å². The fourth-order valence-corrected chi connectivity index (χ4v) is 4.87. The second kappa shape index (κ2) is 8.66. The minimum atomic E-state index is -0.294. The number of nitrogens with zero attached hydrogens (tertiary/aromatic N) is 3. The Balaban J connectivity index is 1.43. The molecule has 1 aromatic carbocycles. The number of nitrogens with one attached hydrogen (secondary N) is 1. The molecule has 2 aliphatic heterocycles. The van der Waals surface area contributed by atoms with Crippen LogP contribution in [0.1, 0.15) is 32.6 Å². The molecule has 0 radical (unpaired) electrons. The summed E-state index contributed by atoms with van der Waals surface area (Å²) in [5.41, 5.74) is 1.40. The van der Waals surface area contributed by atoms with E-state index in [4.69, 9.17) is 0 Å². The first-order valence-corrected chi connectivity index (χ1v) is 10.8. The van der Waals surface area contributed by atoms with E-state index in [2.05, 4.69) is 34.1 Å². The van der Waals surface area contributed by atoms with Crippen molar-refractivity contribution in [3.63, 3.8) is 0 Å². The van der Waals surface area contributed by atoms with Gasteiger partial charge in [-0.2, -0.15) is 0 Å². The lowest BCUT2D eigenvalue weighted by Crippen LogP contribution is -2.51. The van der Waals surface area contributed by atoms with E-state index in [0.29, 0.717) is 23.8 Å². The fourth-order valence-electron chi connectivity index (χ4n) is 4.87. The average molecular weight is 399 g/mol. The predicted octanol–water partition coefficient (Wildman–Crippen LogP) is 3.44. The first-order valence-electron chi connectivity index (χ1n) is 10.8. The molecule has 5 nitrogen and oxygen atoms in total. The Labute approximate surface area is 172 Å². The van der Waals surface area contributed by atoms with Gasteiger partial charge in [0.1, 0.15) is 11.3 Å². The first kappa shape index (κ1) is 20.1. The summed E-state index contributed by atoms with van der Waals surface area (Å²) in [5, 5.41) is 4.11. The quantitative estimate of drug-likeness (QED) is 0.857. The van der Waals surface area contributed by atoms with E-state index in [0.717, 1.165) is 56.5 Å². The minimum Gasteiger partial charge on any atom is -0.369 e. The van der Waals surface area contributed by atoms with Gasteiger partial charge in [0.15, 0.2) is 0 Å². The van der Waals surface area contributed by atoms with E-state index in [1.54, 1.807) is 6.20 Å². The van der Waals surface area contributed by atoms with Gasteiger partial charge in [-0.05, 0) is 75.5 Å². The zero-order valence-corrected chi connectivity index (χ0v) is 17.4. The van der Waals surface area contributed by atoms with E-state index in [-0.39, 0.29) is 17.8 Å². The third-order valence-corrected chi connectivity index (χ3v) is 6.38. The average Bonchev–Trinajstić information content (AvgIpc) is 2.70. The monoisotopic (exact) mass is 398 g/mol. The summed E-state index contributed by atoms with van der Waals surface area (Å²) in [6.45, 7) is 6.03. The number of rotatable bonds is 4. The number of aromatic nitrogens is 1. The Morgan fingerprint density at radius 2 is 2.03 bits per heavy atom. The molecule has 2 fully saturated rings. The summed E-state index contributed by atoms with van der Waals surface area (Å²) in [5.74, 6) is 0.825. The molecular formula is C23H31FN4O. The summed E-state index contributed by atoms with van der Waals surface area (Å²) in [6.07, 6.45) is 5.44. The molecule has 2 saturated heterocycles. The molecule has 2 unspecified atom stereocenters. The molecule has 1 aromatic heterocycles. The molecule has 6 heteroatoms. The highest BCUT2D eigenvalue weighted by molar-refractivity contribution is 5.92. The van der Waals surface area contributed by atoms with Crippen LogP contribution < -0.4 is 10.2 Å². The summed E-state index contributed by atoms with van der Waals surface area (Å²) in [4.78, 5) is 21.5. The summed E-state index contributed by atoms with van der Waals surface area (Å²) in [7, 11) is 2.14. The molecular weight excluding hydrogens is 367 g/mol. The smallest absolute Gasteiger partial charge is 0.220 e. The van der Waals surface area contributed by atoms with Crippen molar-refractivity contribution in [1.82, 2.24) is 15.2 Å². The predicted molar refractivity (Wildman–Crippen MR) is 114 cm³/mol.